The van der Waals surface area contributed by atoms with Crippen molar-refractivity contribution in [3.05, 3.63) is 24.3 Å². The number of ether oxygens (including phenoxy) is 25. The number of ketones is 2. The molecule has 119 heavy (non-hydrogen) atoms. The molecule has 0 spiro atoms. The van der Waals surface area contributed by atoms with Crippen LogP contribution >= 0.6 is 0 Å². The van der Waals surface area contributed by atoms with Gasteiger partial charge in [-0.1, -0.05) is 0 Å². The fourth-order valence-electron chi connectivity index (χ4n) is 10.0. The van der Waals surface area contributed by atoms with Gasteiger partial charge >= 0.3 is 0 Å². The molecule has 2 aliphatic heterocycles. The largest absolute Gasteiger partial charge is 0.382 e. The lowest BCUT2D eigenvalue weighted by Gasteiger charge is -2.18. The van der Waals surface area contributed by atoms with Crippen LogP contribution in [-0.2, 0) is 162 Å². The molecule has 0 unspecified atom stereocenters. The number of hydrogen-bond donors (Lipinski definition) is 3. The Balaban J connectivity index is 1.23. The van der Waals surface area contributed by atoms with Gasteiger partial charge in [-0.05, 0) is 39.0 Å². The Morgan fingerprint density at radius 2 is 0.496 bits per heavy atom. The average Bonchev–Trinajstić information content (AvgIpc) is 1.75. The number of hydrogen-bond acceptors (Lipinski definition) is 34. The Hall–Kier alpha value is -5.49. The van der Waals surface area contributed by atoms with E-state index in [0.29, 0.717) is 369 Å². The normalized spacial score (nSPS) is 13.0. The fourth-order valence-corrected chi connectivity index (χ4v) is 10.0. The van der Waals surface area contributed by atoms with Crippen LogP contribution in [0.15, 0.2) is 24.3 Å². The molecule has 7 amide bonds. The Morgan fingerprint density at radius 3 is 0.807 bits per heavy atom. The van der Waals surface area contributed by atoms with Gasteiger partial charge in [0, 0.05) is 109 Å². The van der Waals surface area contributed by atoms with Crippen LogP contribution in [0.3, 0.4) is 0 Å². The first-order valence-electron chi connectivity index (χ1n) is 41.9. The summed E-state index contributed by atoms with van der Waals surface area (Å²) in [5.41, 5.74) is 0. The molecule has 690 valence electrons. The molecular formula is C80H141N5O34. The SMILES string of the molecule is CCOCCCC(=O)[C@H](CCCCNC(=O)CCOCCOCCOCCOCCOCCOCCOCCOCCOCCOCCOCCOCCNC(=O)CCN1C(=O)C=CC1=O)NC(=O)CCOCCOCCOCCOCCOCCOCCOCCOCCOCCOCCOCCOCCCC(=O)CCN1C(=O)C=CC1=O. The first-order chi connectivity index (χ1) is 58.5. The number of nitrogens with one attached hydrogen (secondary N) is 3. The molecule has 1 atom stereocenters. The Labute approximate surface area is 702 Å². The lowest BCUT2D eigenvalue weighted by molar-refractivity contribution is -0.139. The molecule has 39 nitrogen and oxygen atoms in total. The monoisotopic (exact) mass is 1720 g/mol. The number of carbonyl (C=O) groups excluding carboxylic acids is 9. The minimum absolute atomic E-state index is 0.0176. The quantitative estimate of drug-likeness (QED) is 0.0548. The van der Waals surface area contributed by atoms with Gasteiger partial charge in [0.15, 0.2) is 5.78 Å². The Morgan fingerprint density at radius 1 is 0.252 bits per heavy atom. The zero-order valence-corrected chi connectivity index (χ0v) is 70.6. The van der Waals surface area contributed by atoms with Crippen molar-refractivity contribution in [1.82, 2.24) is 25.8 Å². The first kappa shape index (κ1) is 110. The molecule has 39 heteroatoms. The summed E-state index contributed by atoms with van der Waals surface area (Å²) >= 11 is 0. The topological polar surface area (TPSA) is 427 Å². The minimum atomic E-state index is -0.646. The van der Waals surface area contributed by atoms with Crippen LogP contribution in [-0.4, -0.2) is 425 Å². The van der Waals surface area contributed by atoms with E-state index in [1.807, 2.05) is 6.92 Å². The Bertz CT molecular complexity index is 2500. The summed E-state index contributed by atoms with van der Waals surface area (Å²) in [6.07, 6.45) is 8.69. The number of unbranched alkanes of at least 4 members (excludes halogenated alkanes) is 1. The lowest BCUT2D eigenvalue weighted by Crippen LogP contribution is -2.41. The molecule has 0 radical (unpaired) electrons. The van der Waals surface area contributed by atoms with Crippen molar-refractivity contribution in [3.63, 3.8) is 0 Å². The summed E-state index contributed by atoms with van der Waals surface area (Å²) in [6.45, 7) is 23.4. The highest BCUT2D eigenvalue weighted by Gasteiger charge is 2.25. The van der Waals surface area contributed by atoms with Gasteiger partial charge in [0.2, 0.25) is 17.7 Å². The molecule has 3 N–H and O–H groups in total. The molecule has 0 bridgehead atoms. The van der Waals surface area contributed by atoms with Crippen molar-refractivity contribution in [2.75, 3.05) is 357 Å². The van der Waals surface area contributed by atoms with Crippen LogP contribution in [0, 0.1) is 0 Å². The fraction of sp³-hybridized carbons (Fsp3) is 0.838. The third-order valence-electron chi connectivity index (χ3n) is 16.3. The highest BCUT2D eigenvalue weighted by atomic mass is 16.6. The van der Waals surface area contributed by atoms with Crippen LogP contribution in [0.5, 0.6) is 0 Å². The van der Waals surface area contributed by atoms with Crippen LogP contribution in [0.2, 0.25) is 0 Å². The summed E-state index contributed by atoms with van der Waals surface area (Å²) < 4.78 is 138. The predicted octanol–water partition coefficient (Wildman–Crippen LogP) is 0.418. The molecule has 0 saturated carbocycles. The number of imide groups is 2. The second-order valence-electron chi connectivity index (χ2n) is 25.7. The lowest BCUT2D eigenvalue weighted by atomic mass is 10.0. The molecule has 2 heterocycles. The molecule has 0 aromatic carbocycles. The van der Waals surface area contributed by atoms with Gasteiger partial charge in [0.05, 0.1) is 317 Å². The average molecular weight is 1720 g/mol. The van der Waals surface area contributed by atoms with Gasteiger partial charge in [0.1, 0.15) is 5.78 Å². The van der Waals surface area contributed by atoms with Crippen LogP contribution < -0.4 is 16.0 Å². The molecular weight excluding hydrogens is 1570 g/mol. The first-order valence-corrected chi connectivity index (χ1v) is 41.9. The Kier molecular flexibility index (Phi) is 79.2. The van der Waals surface area contributed by atoms with E-state index in [2.05, 4.69) is 16.0 Å². The molecule has 2 aliphatic rings. The van der Waals surface area contributed by atoms with E-state index >= 15 is 0 Å². The van der Waals surface area contributed by atoms with E-state index in [1.165, 1.54) is 24.3 Å². The summed E-state index contributed by atoms with van der Waals surface area (Å²) in [5.74, 6) is -2.35. The van der Waals surface area contributed by atoms with E-state index in [4.69, 9.17) is 118 Å². The van der Waals surface area contributed by atoms with Crippen molar-refractivity contribution < 1.29 is 162 Å². The predicted molar refractivity (Wildman–Crippen MR) is 427 cm³/mol. The summed E-state index contributed by atoms with van der Waals surface area (Å²) in [5, 5.41) is 8.45. The van der Waals surface area contributed by atoms with Crippen LogP contribution in [0.1, 0.15) is 77.6 Å². The second-order valence-corrected chi connectivity index (χ2v) is 25.7. The third kappa shape index (κ3) is 73.7. The maximum absolute atomic E-state index is 13.1. The molecule has 0 aromatic heterocycles. The maximum atomic E-state index is 13.1. The number of amides is 7. The van der Waals surface area contributed by atoms with E-state index in [-0.39, 0.29) is 99.5 Å². The number of Topliss-reactive ketones (excluding diaryl/α,β-unsaturated/α-hetero) is 2. The van der Waals surface area contributed by atoms with E-state index in [1.54, 1.807) is 0 Å². The van der Waals surface area contributed by atoms with E-state index < -0.39 is 17.9 Å². The van der Waals surface area contributed by atoms with E-state index in [0.717, 1.165) is 9.80 Å². The number of nitrogens with zero attached hydrogens (tertiary/aromatic N) is 2. The summed E-state index contributed by atoms with van der Waals surface area (Å²) in [4.78, 5) is 110. The highest BCUT2D eigenvalue weighted by Crippen LogP contribution is 2.10. The van der Waals surface area contributed by atoms with Crippen molar-refractivity contribution in [2.24, 2.45) is 0 Å². The van der Waals surface area contributed by atoms with Crippen LogP contribution in [0.25, 0.3) is 0 Å². The third-order valence-corrected chi connectivity index (χ3v) is 16.3. The maximum Gasteiger partial charge on any atom is 0.253 e. The standard InChI is InChI=1S/C80H141N5O34/c1-2-95-22-6-9-73(87)72(83-76(90)17-25-98-29-33-102-37-41-106-45-49-110-53-57-114-61-65-118-68-67-116-63-59-112-55-51-108-47-43-104-39-35-100-31-27-96-23-5-7-71(86)14-20-84-77(91)10-11-78(84)92)8-3-4-18-81-75(89)16-24-97-28-32-101-36-40-105-44-48-109-52-56-113-60-64-117-69-70-119-66-62-115-58-54-111-50-46-107-42-38-103-34-30-99-26-19-82-74(88)15-21-85-79(93)12-13-80(85)94/h10-13,72H,2-9,14-70H2,1H3,(H,81,89)(H,82,88)(H,83,90)/t72-/m0/s1. The summed E-state index contributed by atoms with van der Waals surface area (Å²) in [6, 6.07) is -0.646. The van der Waals surface area contributed by atoms with Gasteiger partial charge in [-0.25, -0.2) is 0 Å². The molecule has 0 fully saturated rings. The van der Waals surface area contributed by atoms with Gasteiger partial charge < -0.3 is 134 Å². The van der Waals surface area contributed by atoms with Crippen molar-refractivity contribution in [1.29, 1.82) is 0 Å². The van der Waals surface area contributed by atoms with Crippen molar-refractivity contribution in [3.8, 4) is 0 Å². The molecule has 0 saturated heterocycles. The van der Waals surface area contributed by atoms with Crippen LogP contribution in [0.4, 0.5) is 0 Å². The second kappa shape index (κ2) is 86.0. The zero-order chi connectivity index (χ0) is 85.5. The number of rotatable bonds is 97. The van der Waals surface area contributed by atoms with Gasteiger partial charge in [-0.3, -0.25) is 53.0 Å². The molecule has 2 rings (SSSR count). The smallest absolute Gasteiger partial charge is 0.253 e. The minimum Gasteiger partial charge on any atom is -0.382 e. The number of carbonyl (C=O) groups is 9. The van der Waals surface area contributed by atoms with Gasteiger partial charge in [-0.2, -0.15) is 0 Å². The zero-order valence-electron chi connectivity index (χ0n) is 70.6. The molecule has 0 aromatic rings. The van der Waals surface area contributed by atoms with Gasteiger partial charge in [0.25, 0.3) is 23.6 Å². The summed E-state index contributed by atoms with van der Waals surface area (Å²) in [7, 11) is 0. The molecule has 0 aliphatic carbocycles. The van der Waals surface area contributed by atoms with E-state index in [9.17, 15) is 43.2 Å². The van der Waals surface area contributed by atoms with Gasteiger partial charge in [-0.15, -0.1) is 0 Å². The van der Waals surface area contributed by atoms with Crippen molar-refractivity contribution >= 4 is 52.9 Å². The highest BCUT2D eigenvalue weighted by molar-refractivity contribution is 6.13. The van der Waals surface area contributed by atoms with Crippen molar-refractivity contribution in [2.45, 2.75) is 83.6 Å².